The van der Waals surface area contributed by atoms with E-state index in [1.807, 2.05) is 20.9 Å². The first-order valence-electron chi connectivity index (χ1n) is 6.64. The quantitative estimate of drug-likeness (QED) is 0.913. The fraction of sp³-hybridized carbons (Fsp3) is 0.375. The van der Waals surface area contributed by atoms with Crippen molar-refractivity contribution in [2.75, 3.05) is 7.05 Å². The molecule has 3 nitrogen and oxygen atoms in total. The lowest BCUT2D eigenvalue weighted by atomic mass is 9.95. The molecule has 2 rings (SSSR count). The summed E-state index contributed by atoms with van der Waals surface area (Å²) in [4.78, 5) is 0. The fourth-order valence-electron chi connectivity index (χ4n) is 2.35. The van der Waals surface area contributed by atoms with Crippen molar-refractivity contribution in [1.82, 2.24) is 15.5 Å². The molecule has 1 unspecified atom stereocenters. The molecule has 0 aliphatic heterocycles. The van der Waals surface area contributed by atoms with Gasteiger partial charge in [0.1, 0.15) is 0 Å². The predicted molar refractivity (Wildman–Crippen MR) is 78.2 cm³/mol. The molecule has 0 saturated heterocycles. The minimum absolute atomic E-state index is 0.273. The van der Waals surface area contributed by atoms with Gasteiger partial charge < -0.3 is 5.32 Å². The minimum Gasteiger partial charge on any atom is -0.313 e. The molecule has 0 saturated carbocycles. The summed E-state index contributed by atoms with van der Waals surface area (Å²) in [5.74, 6) is 0. The van der Waals surface area contributed by atoms with Crippen molar-refractivity contribution in [3.05, 3.63) is 58.4 Å². The molecule has 0 aliphatic carbocycles. The largest absolute Gasteiger partial charge is 0.313 e. The average Bonchev–Trinajstić information content (AvgIpc) is 2.41. The van der Waals surface area contributed by atoms with E-state index in [2.05, 4.69) is 52.8 Å². The standard InChI is InChI=1S/C16H21N3/c1-11-7-5-6-8-14(11)10-16(17-4)15-9-12(2)18-19-13(15)3/h5-9,16-17H,10H2,1-4H3. The molecule has 1 N–H and O–H groups in total. The van der Waals surface area contributed by atoms with Gasteiger partial charge in [-0.05, 0) is 57.0 Å². The normalized spacial score (nSPS) is 12.4. The van der Waals surface area contributed by atoms with E-state index in [4.69, 9.17) is 0 Å². The lowest BCUT2D eigenvalue weighted by Gasteiger charge is -2.19. The van der Waals surface area contributed by atoms with Crippen molar-refractivity contribution >= 4 is 0 Å². The summed E-state index contributed by atoms with van der Waals surface area (Å²) in [5.41, 5.74) is 5.90. The van der Waals surface area contributed by atoms with Crippen molar-refractivity contribution in [1.29, 1.82) is 0 Å². The SMILES string of the molecule is CNC(Cc1ccccc1C)c1cc(C)nnc1C. The molecule has 1 aromatic carbocycles. The number of aromatic nitrogens is 2. The summed E-state index contributed by atoms with van der Waals surface area (Å²) in [6.45, 7) is 6.16. The molecule has 0 spiro atoms. The van der Waals surface area contributed by atoms with Crippen LogP contribution in [-0.4, -0.2) is 17.2 Å². The third-order valence-corrected chi connectivity index (χ3v) is 3.55. The van der Waals surface area contributed by atoms with Crippen LogP contribution in [0.2, 0.25) is 0 Å². The second kappa shape index (κ2) is 5.93. The lowest BCUT2D eigenvalue weighted by molar-refractivity contribution is 0.580. The van der Waals surface area contributed by atoms with E-state index in [0.29, 0.717) is 0 Å². The Morgan fingerprint density at radius 3 is 2.53 bits per heavy atom. The van der Waals surface area contributed by atoms with Gasteiger partial charge in [-0.3, -0.25) is 0 Å². The zero-order valence-corrected chi connectivity index (χ0v) is 12.1. The van der Waals surface area contributed by atoms with E-state index < -0.39 is 0 Å². The van der Waals surface area contributed by atoms with Crippen LogP contribution < -0.4 is 5.32 Å². The highest BCUT2D eigenvalue weighted by Crippen LogP contribution is 2.22. The molecule has 100 valence electrons. The number of likely N-dealkylation sites (N-methyl/N-ethyl adjacent to an activating group) is 1. The summed E-state index contributed by atoms with van der Waals surface area (Å²) in [5, 5.41) is 11.7. The van der Waals surface area contributed by atoms with Crippen LogP contribution in [0.4, 0.5) is 0 Å². The fourth-order valence-corrected chi connectivity index (χ4v) is 2.35. The van der Waals surface area contributed by atoms with Crippen LogP contribution in [0.1, 0.15) is 34.1 Å². The van der Waals surface area contributed by atoms with Gasteiger partial charge in [0, 0.05) is 6.04 Å². The average molecular weight is 255 g/mol. The maximum Gasteiger partial charge on any atom is 0.0648 e. The Kier molecular flexibility index (Phi) is 4.27. The molecule has 1 aromatic heterocycles. The molecule has 1 atom stereocenters. The number of hydrogen-bond donors (Lipinski definition) is 1. The van der Waals surface area contributed by atoms with Crippen LogP contribution in [0.5, 0.6) is 0 Å². The monoisotopic (exact) mass is 255 g/mol. The third-order valence-electron chi connectivity index (χ3n) is 3.55. The number of benzene rings is 1. The van der Waals surface area contributed by atoms with Crippen LogP contribution >= 0.6 is 0 Å². The van der Waals surface area contributed by atoms with E-state index in [9.17, 15) is 0 Å². The van der Waals surface area contributed by atoms with Gasteiger partial charge in [0.25, 0.3) is 0 Å². The highest BCUT2D eigenvalue weighted by Gasteiger charge is 2.15. The maximum absolute atomic E-state index is 4.22. The van der Waals surface area contributed by atoms with Gasteiger partial charge in [0.05, 0.1) is 11.4 Å². The summed E-state index contributed by atoms with van der Waals surface area (Å²) in [7, 11) is 2.00. The summed E-state index contributed by atoms with van der Waals surface area (Å²) < 4.78 is 0. The molecule has 0 amide bonds. The van der Waals surface area contributed by atoms with Crippen molar-refractivity contribution in [3.8, 4) is 0 Å². The zero-order valence-electron chi connectivity index (χ0n) is 12.1. The van der Waals surface area contributed by atoms with E-state index in [0.717, 1.165) is 17.8 Å². The highest BCUT2D eigenvalue weighted by molar-refractivity contribution is 5.30. The molecule has 1 heterocycles. The molecule has 19 heavy (non-hydrogen) atoms. The Hall–Kier alpha value is -1.74. The van der Waals surface area contributed by atoms with Crippen molar-refractivity contribution < 1.29 is 0 Å². The van der Waals surface area contributed by atoms with Crippen molar-refractivity contribution in [2.24, 2.45) is 0 Å². The van der Waals surface area contributed by atoms with Gasteiger partial charge >= 0.3 is 0 Å². The second-order valence-corrected chi connectivity index (χ2v) is 5.00. The first-order valence-corrected chi connectivity index (χ1v) is 6.64. The summed E-state index contributed by atoms with van der Waals surface area (Å²) in [6, 6.07) is 10.9. The van der Waals surface area contributed by atoms with Gasteiger partial charge in [-0.25, -0.2) is 0 Å². The number of nitrogens with zero attached hydrogens (tertiary/aromatic N) is 2. The lowest BCUT2D eigenvalue weighted by Crippen LogP contribution is -2.21. The molecule has 3 heteroatoms. The Morgan fingerprint density at radius 1 is 1.11 bits per heavy atom. The topological polar surface area (TPSA) is 37.8 Å². The molecule has 2 aromatic rings. The molecule has 0 aliphatic rings. The molecule has 0 radical (unpaired) electrons. The van der Waals surface area contributed by atoms with Crippen LogP contribution in [-0.2, 0) is 6.42 Å². The van der Waals surface area contributed by atoms with Gasteiger partial charge in [-0.2, -0.15) is 10.2 Å². The van der Waals surface area contributed by atoms with Crippen LogP contribution in [0.3, 0.4) is 0 Å². The minimum atomic E-state index is 0.273. The van der Waals surface area contributed by atoms with Crippen LogP contribution in [0.15, 0.2) is 30.3 Å². The van der Waals surface area contributed by atoms with E-state index in [1.54, 1.807) is 0 Å². The molecular weight excluding hydrogens is 234 g/mol. The predicted octanol–water partition coefficient (Wildman–Crippen LogP) is 2.91. The van der Waals surface area contributed by atoms with E-state index in [1.165, 1.54) is 16.7 Å². The Morgan fingerprint density at radius 2 is 1.84 bits per heavy atom. The number of rotatable bonds is 4. The molecular formula is C16H21N3. The number of nitrogens with one attached hydrogen (secondary N) is 1. The highest BCUT2D eigenvalue weighted by atomic mass is 15.1. The molecule has 0 fully saturated rings. The summed E-state index contributed by atoms with van der Waals surface area (Å²) >= 11 is 0. The van der Waals surface area contributed by atoms with Gasteiger partial charge in [-0.1, -0.05) is 24.3 Å². The number of aryl methyl sites for hydroxylation is 3. The van der Waals surface area contributed by atoms with Gasteiger partial charge in [0.15, 0.2) is 0 Å². The number of hydrogen-bond acceptors (Lipinski definition) is 3. The Bertz CT molecular complexity index is 564. The van der Waals surface area contributed by atoms with Crippen molar-refractivity contribution in [3.63, 3.8) is 0 Å². The smallest absolute Gasteiger partial charge is 0.0648 e. The first-order chi connectivity index (χ1) is 9.11. The van der Waals surface area contributed by atoms with Gasteiger partial charge in [-0.15, -0.1) is 0 Å². The van der Waals surface area contributed by atoms with E-state index in [-0.39, 0.29) is 6.04 Å². The Labute approximate surface area is 115 Å². The van der Waals surface area contributed by atoms with E-state index >= 15 is 0 Å². The maximum atomic E-state index is 4.22. The molecule has 0 bridgehead atoms. The van der Waals surface area contributed by atoms with Gasteiger partial charge in [0.2, 0.25) is 0 Å². The zero-order chi connectivity index (χ0) is 13.8. The second-order valence-electron chi connectivity index (χ2n) is 5.00. The van der Waals surface area contributed by atoms with Crippen LogP contribution in [0, 0.1) is 20.8 Å². The Balaban J connectivity index is 2.30. The van der Waals surface area contributed by atoms with Crippen LogP contribution in [0.25, 0.3) is 0 Å². The summed E-state index contributed by atoms with van der Waals surface area (Å²) in [6.07, 6.45) is 0.967. The first kappa shape index (κ1) is 13.7. The third kappa shape index (κ3) is 3.18. The van der Waals surface area contributed by atoms with Crippen molar-refractivity contribution in [2.45, 2.75) is 33.2 Å².